The first-order chi connectivity index (χ1) is 10.7. The van der Waals surface area contributed by atoms with Crippen LogP contribution < -0.4 is 10.2 Å². The van der Waals surface area contributed by atoms with Crippen molar-refractivity contribution < 1.29 is 4.79 Å². The summed E-state index contributed by atoms with van der Waals surface area (Å²) in [6, 6.07) is 8.27. The van der Waals surface area contributed by atoms with E-state index in [1.54, 1.807) is 0 Å². The molecule has 2 saturated heterocycles. The highest BCUT2D eigenvalue weighted by atomic mass is 16.2. The number of urea groups is 1. The first-order valence-electron chi connectivity index (χ1n) is 8.32. The van der Waals surface area contributed by atoms with Crippen molar-refractivity contribution >= 4 is 17.4 Å². The molecule has 0 radical (unpaired) electrons. The van der Waals surface area contributed by atoms with E-state index in [0.717, 1.165) is 45.0 Å². The number of likely N-dealkylation sites (N-methyl/N-ethyl adjacent to an activating group) is 1. The predicted octanol–water partition coefficient (Wildman–Crippen LogP) is 2.46. The molecule has 2 aliphatic heterocycles. The van der Waals surface area contributed by atoms with Gasteiger partial charge in [-0.2, -0.15) is 0 Å². The van der Waals surface area contributed by atoms with Crippen LogP contribution in [0.15, 0.2) is 24.3 Å². The van der Waals surface area contributed by atoms with Crippen LogP contribution in [-0.2, 0) is 0 Å². The summed E-state index contributed by atoms with van der Waals surface area (Å²) in [5, 5.41) is 3.01. The molecule has 0 bridgehead atoms. The quantitative estimate of drug-likeness (QED) is 0.912. The molecule has 2 fully saturated rings. The summed E-state index contributed by atoms with van der Waals surface area (Å²) in [5.41, 5.74) is 2.14. The Morgan fingerprint density at radius 3 is 2.18 bits per heavy atom. The molecule has 5 nitrogen and oxygen atoms in total. The molecule has 0 spiro atoms. The third-order valence-corrected chi connectivity index (χ3v) is 4.63. The number of carbonyl (C=O) groups is 1. The zero-order valence-electron chi connectivity index (χ0n) is 13.4. The molecule has 0 aromatic heterocycles. The average Bonchev–Trinajstić information content (AvgIpc) is 2.57. The Balaban J connectivity index is 1.55. The summed E-state index contributed by atoms with van der Waals surface area (Å²) in [6.07, 6.45) is 3.90. The number of rotatable bonds is 2. The van der Waals surface area contributed by atoms with Gasteiger partial charge in [0.2, 0.25) is 0 Å². The SMILES string of the molecule is CN1CCN(C(=O)Nc2ccc(N3CCCCC3)cc2)CC1. The van der Waals surface area contributed by atoms with E-state index in [1.165, 1.54) is 24.9 Å². The standard InChI is InChI=1S/C17H26N4O/c1-19-11-13-21(14-12-19)17(22)18-15-5-7-16(8-6-15)20-9-3-2-4-10-20/h5-8H,2-4,9-14H2,1H3,(H,18,22). The maximum absolute atomic E-state index is 12.2. The highest BCUT2D eigenvalue weighted by molar-refractivity contribution is 5.89. The van der Waals surface area contributed by atoms with Crippen LogP contribution in [0.4, 0.5) is 16.2 Å². The lowest BCUT2D eigenvalue weighted by Crippen LogP contribution is -2.48. The van der Waals surface area contributed by atoms with Crippen molar-refractivity contribution in [3.63, 3.8) is 0 Å². The number of amides is 2. The molecular weight excluding hydrogens is 276 g/mol. The van der Waals surface area contributed by atoms with E-state index in [9.17, 15) is 4.79 Å². The van der Waals surface area contributed by atoms with Gasteiger partial charge in [-0.25, -0.2) is 4.79 Å². The molecule has 1 N–H and O–H groups in total. The van der Waals surface area contributed by atoms with Crippen LogP contribution in [0.2, 0.25) is 0 Å². The largest absolute Gasteiger partial charge is 0.372 e. The van der Waals surface area contributed by atoms with Gasteiger partial charge in [0.15, 0.2) is 0 Å². The van der Waals surface area contributed by atoms with Gasteiger partial charge in [-0.1, -0.05) is 0 Å². The number of anilines is 2. The summed E-state index contributed by atoms with van der Waals surface area (Å²) in [5.74, 6) is 0. The average molecular weight is 302 g/mol. The second kappa shape index (κ2) is 7.01. The van der Waals surface area contributed by atoms with E-state index < -0.39 is 0 Å². The number of nitrogens with one attached hydrogen (secondary N) is 1. The second-order valence-electron chi connectivity index (χ2n) is 6.32. The van der Waals surface area contributed by atoms with E-state index >= 15 is 0 Å². The van der Waals surface area contributed by atoms with Gasteiger partial charge in [0.25, 0.3) is 0 Å². The van der Waals surface area contributed by atoms with Crippen molar-refractivity contribution in [2.45, 2.75) is 19.3 Å². The van der Waals surface area contributed by atoms with E-state index in [-0.39, 0.29) is 6.03 Å². The van der Waals surface area contributed by atoms with E-state index in [2.05, 4.69) is 34.3 Å². The molecule has 22 heavy (non-hydrogen) atoms. The summed E-state index contributed by atoms with van der Waals surface area (Å²) in [6.45, 7) is 5.78. The Morgan fingerprint density at radius 1 is 0.909 bits per heavy atom. The number of benzene rings is 1. The van der Waals surface area contributed by atoms with Crippen LogP contribution in [-0.4, -0.2) is 62.1 Å². The Kier molecular flexibility index (Phi) is 4.83. The van der Waals surface area contributed by atoms with Gasteiger partial charge >= 0.3 is 6.03 Å². The van der Waals surface area contributed by atoms with Crippen LogP contribution in [0, 0.1) is 0 Å². The number of hydrogen-bond acceptors (Lipinski definition) is 3. The number of piperazine rings is 1. The van der Waals surface area contributed by atoms with E-state index in [1.807, 2.05) is 17.0 Å². The summed E-state index contributed by atoms with van der Waals surface area (Å²) in [4.78, 5) is 18.8. The minimum Gasteiger partial charge on any atom is -0.372 e. The molecule has 2 heterocycles. The number of piperidine rings is 1. The van der Waals surface area contributed by atoms with Gasteiger partial charge in [0.05, 0.1) is 0 Å². The van der Waals surface area contributed by atoms with Crippen molar-refractivity contribution in [3.8, 4) is 0 Å². The Bertz CT molecular complexity index is 488. The first-order valence-corrected chi connectivity index (χ1v) is 8.32. The molecule has 1 aromatic carbocycles. The van der Waals surface area contributed by atoms with Crippen molar-refractivity contribution in [3.05, 3.63) is 24.3 Å². The fraction of sp³-hybridized carbons (Fsp3) is 0.588. The Labute approximate surface area is 132 Å². The number of nitrogens with zero attached hydrogens (tertiary/aromatic N) is 3. The number of hydrogen-bond donors (Lipinski definition) is 1. The first kappa shape index (κ1) is 15.2. The normalized spacial score (nSPS) is 20.0. The zero-order chi connectivity index (χ0) is 15.4. The molecule has 2 aliphatic rings. The van der Waals surface area contributed by atoms with Gasteiger partial charge in [-0.05, 0) is 50.6 Å². The minimum absolute atomic E-state index is 0.0128. The maximum atomic E-state index is 12.2. The monoisotopic (exact) mass is 302 g/mol. The summed E-state index contributed by atoms with van der Waals surface area (Å²) >= 11 is 0. The van der Waals surface area contributed by atoms with Crippen LogP contribution >= 0.6 is 0 Å². The smallest absolute Gasteiger partial charge is 0.321 e. The van der Waals surface area contributed by atoms with Crippen molar-refractivity contribution in [1.82, 2.24) is 9.80 Å². The van der Waals surface area contributed by atoms with Gasteiger partial charge in [0.1, 0.15) is 0 Å². The Hall–Kier alpha value is -1.75. The fourth-order valence-corrected chi connectivity index (χ4v) is 3.12. The minimum atomic E-state index is 0.0128. The van der Waals surface area contributed by atoms with E-state index in [0.29, 0.717) is 0 Å². The third kappa shape index (κ3) is 3.71. The van der Waals surface area contributed by atoms with Crippen molar-refractivity contribution in [2.24, 2.45) is 0 Å². The molecule has 1 aromatic rings. The van der Waals surface area contributed by atoms with E-state index in [4.69, 9.17) is 0 Å². The molecule has 2 amide bonds. The molecule has 0 saturated carbocycles. The lowest BCUT2D eigenvalue weighted by molar-refractivity contribution is 0.164. The summed E-state index contributed by atoms with van der Waals surface area (Å²) in [7, 11) is 2.09. The van der Waals surface area contributed by atoms with Gasteiger partial charge < -0.3 is 20.0 Å². The van der Waals surface area contributed by atoms with Crippen molar-refractivity contribution in [1.29, 1.82) is 0 Å². The molecular formula is C17H26N4O. The fourth-order valence-electron chi connectivity index (χ4n) is 3.12. The molecule has 5 heteroatoms. The molecule has 0 aliphatic carbocycles. The van der Waals surface area contributed by atoms with Crippen LogP contribution in [0.25, 0.3) is 0 Å². The number of carbonyl (C=O) groups excluding carboxylic acids is 1. The lowest BCUT2D eigenvalue weighted by atomic mass is 10.1. The molecule has 0 unspecified atom stereocenters. The predicted molar refractivity (Wildman–Crippen MR) is 90.6 cm³/mol. The van der Waals surface area contributed by atoms with Gasteiger partial charge in [-0.15, -0.1) is 0 Å². The highest BCUT2D eigenvalue weighted by Crippen LogP contribution is 2.22. The van der Waals surface area contributed by atoms with Crippen LogP contribution in [0.3, 0.4) is 0 Å². The third-order valence-electron chi connectivity index (χ3n) is 4.63. The molecule has 3 rings (SSSR count). The van der Waals surface area contributed by atoms with Crippen molar-refractivity contribution in [2.75, 3.05) is 56.5 Å². The molecule has 120 valence electrons. The van der Waals surface area contributed by atoms with Crippen LogP contribution in [0.5, 0.6) is 0 Å². The highest BCUT2D eigenvalue weighted by Gasteiger charge is 2.19. The second-order valence-corrected chi connectivity index (χ2v) is 6.32. The van der Waals surface area contributed by atoms with Crippen LogP contribution in [0.1, 0.15) is 19.3 Å². The van der Waals surface area contributed by atoms with Gasteiger partial charge in [-0.3, -0.25) is 0 Å². The Morgan fingerprint density at radius 2 is 1.55 bits per heavy atom. The topological polar surface area (TPSA) is 38.8 Å². The maximum Gasteiger partial charge on any atom is 0.321 e. The zero-order valence-corrected chi connectivity index (χ0v) is 13.4. The van der Waals surface area contributed by atoms with Gasteiger partial charge in [0, 0.05) is 50.6 Å². The lowest BCUT2D eigenvalue weighted by Gasteiger charge is -2.32. The molecule has 0 atom stereocenters. The summed E-state index contributed by atoms with van der Waals surface area (Å²) < 4.78 is 0.